The highest BCUT2D eigenvalue weighted by molar-refractivity contribution is 5.01. The van der Waals surface area contributed by atoms with E-state index in [0.717, 1.165) is 6.42 Å². The van der Waals surface area contributed by atoms with E-state index in [2.05, 4.69) is 17.1 Å². The molecule has 0 fully saturated rings. The molecule has 10 heavy (non-hydrogen) atoms. The quantitative estimate of drug-likeness (QED) is 0.671. The van der Waals surface area contributed by atoms with Crippen LogP contribution in [0, 0.1) is 0 Å². The van der Waals surface area contributed by atoms with Crippen LogP contribution in [0.5, 0.6) is 0 Å². The minimum absolute atomic E-state index is 1.14. The zero-order chi connectivity index (χ0) is 7.82. The third-order valence-corrected chi connectivity index (χ3v) is 1.09. The SMILES string of the molecule is CC.CCCc1cn[nH]c1. The Balaban J connectivity index is 0.000000371. The molecule has 0 aliphatic rings. The number of nitrogens with one attached hydrogen (secondary N) is 1. The van der Waals surface area contributed by atoms with Crippen molar-refractivity contribution in [2.24, 2.45) is 0 Å². The van der Waals surface area contributed by atoms with E-state index in [1.807, 2.05) is 26.2 Å². The standard InChI is InChI=1S/C6H10N2.C2H6/c1-2-3-6-4-7-8-5-6;1-2/h4-5H,2-3H2,1H3,(H,7,8);1-2H3. The molecule has 0 bridgehead atoms. The summed E-state index contributed by atoms with van der Waals surface area (Å²) in [5.74, 6) is 0. The van der Waals surface area contributed by atoms with Gasteiger partial charge in [-0.1, -0.05) is 27.2 Å². The van der Waals surface area contributed by atoms with Crippen LogP contribution in [0.15, 0.2) is 12.4 Å². The van der Waals surface area contributed by atoms with Gasteiger partial charge >= 0.3 is 0 Å². The molecule has 58 valence electrons. The summed E-state index contributed by atoms with van der Waals surface area (Å²) in [6, 6.07) is 0. The van der Waals surface area contributed by atoms with Crippen LogP contribution in [0.25, 0.3) is 0 Å². The Morgan fingerprint density at radius 3 is 2.60 bits per heavy atom. The first-order chi connectivity index (χ1) is 4.93. The molecule has 0 aliphatic carbocycles. The van der Waals surface area contributed by atoms with Gasteiger partial charge in [-0.3, -0.25) is 5.10 Å². The van der Waals surface area contributed by atoms with E-state index < -0.39 is 0 Å². The second-order valence-electron chi connectivity index (χ2n) is 1.86. The fourth-order valence-electron chi connectivity index (χ4n) is 0.703. The molecule has 0 amide bonds. The van der Waals surface area contributed by atoms with E-state index in [1.54, 1.807) is 0 Å². The fraction of sp³-hybridized carbons (Fsp3) is 0.625. The number of aromatic nitrogens is 2. The van der Waals surface area contributed by atoms with E-state index in [0.29, 0.717) is 0 Å². The van der Waals surface area contributed by atoms with Crippen LogP contribution in [0.3, 0.4) is 0 Å². The van der Waals surface area contributed by atoms with Gasteiger partial charge in [0.2, 0.25) is 0 Å². The lowest BCUT2D eigenvalue weighted by Crippen LogP contribution is -1.74. The van der Waals surface area contributed by atoms with E-state index in [9.17, 15) is 0 Å². The van der Waals surface area contributed by atoms with Gasteiger partial charge in [0, 0.05) is 6.20 Å². The van der Waals surface area contributed by atoms with Gasteiger partial charge in [-0.25, -0.2) is 0 Å². The summed E-state index contributed by atoms with van der Waals surface area (Å²) in [6.45, 7) is 6.16. The second kappa shape index (κ2) is 6.33. The van der Waals surface area contributed by atoms with E-state index in [-0.39, 0.29) is 0 Å². The maximum absolute atomic E-state index is 3.82. The minimum Gasteiger partial charge on any atom is -0.285 e. The molecular formula is C8H16N2. The van der Waals surface area contributed by atoms with Crippen LogP contribution >= 0.6 is 0 Å². The molecule has 1 aromatic heterocycles. The number of hydrogen-bond acceptors (Lipinski definition) is 1. The lowest BCUT2D eigenvalue weighted by atomic mass is 10.2. The summed E-state index contributed by atoms with van der Waals surface area (Å²) in [5, 5.41) is 6.58. The van der Waals surface area contributed by atoms with Crippen molar-refractivity contribution in [3.8, 4) is 0 Å². The maximum Gasteiger partial charge on any atom is 0.0519 e. The van der Waals surface area contributed by atoms with Crippen LogP contribution in [-0.2, 0) is 6.42 Å². The number of rotatable bonds is 2. The summed E-state index contributed by atoms with van der Waals surface area (Å²) >= 11 is 0. The molecule has 0 unspecified atom stereocenters. The average Bonchev–Trinajstić information content (AvgIpc) is 2.46. The van der Waals surface area contributed by atoms with Crippen LogP contribution in [0.1, 0.15) is 32.8 Å². The van der Waals surface area contributed by atoms with Gasteiger partial charge in [0.15, 0.2) is 0 Å². The summed E-state index contributed by atoms with van der Waals surface area (Å²) in [5.41, 5.74) is 1.30. The molecule has 1 rings (SSSR count). The van der Waals surface area contributed by atoms with E-state index in [1.165, 1.54) is 12.0 Å². The highest BCUT2D eigenvalue weighted by Crippen LogP contribution is 1.96. The summed E-state index contributed by atoms with van der Waals surface area (Å²) in [6.07, 6.45) is 6.13. The molecule has 0 saturated heterocycles. The molecule has 1 N–H and O–H groups in total. The van der Waals surface area contributed by atoms with Crippen LogP contribution < -0.4 is 0 Å². The monoisotopic (exact) mass is 140 g/mol. The molecule has 0 spiro atoms. The molecule has 2 nitrogen and oxygen atoms in total. The third-order valence-electron chi connectivity index (χ3n) is 1.09. The Hall–Kier alpha value is -0.790. The Morgan fingerprint density at radius 1 is 1.50 bits per heavy atom. The smallest absolute Gasteiger partial charge is 0.0519 e. The maximum atomic E-state index is 3.82. The van der Waals surface area contributed by atoms with E-state index in [4.69, 9.17) is 0 Å². The predicted octanol–water partition coefficient (Wildman–Crippen LogP) is 2.39. The van der Waals surface area contributed by atoms with Crippen molar-refractivity contribution in [3.05, 3.63) is 18.0 Å². The van der Waals surface area contributed by atoms with Crippen molar-refractivity contribution in [1.82, 2.24) is 10.2 Å². The number of aromatic amines is 1. The predicted molar refractivity (Wildman–Crippen MR) is 43.9 cm³/mol. The third kappa shape index (κ3) is 3.28. The molecule has 0 atom stereocenters. The number of hydrogen-bond donors (Lipinski definition) is 1. The molecule has 1 aromatic rings. The first kappa shape index (κ1) is 9.21. The van der Waals surface area contributed by atoms with Gasteiger partial charge in [0.05, 0.1) is 6.20 Å². The van der Waals surface area contributed by atoms with Crippen molar-refractivity contribution in [1.29, 1.82) is 0 Å². The zero-order valence-corrected chi connectivity index (χ0v) is 7.02. The van der Waals surface area contributed by atoms with Crippen LogP contribution in [0.2, 0.25) is 0 Å². The Bertz CT molecular complexity index is 133. The van der Waals surface area contributed by atoms with Gasteiger partial charge in [-0.05, 0) is 12.0 Å². The first-order valence-electron chi connectivity index (χ1n) is 3.91. The summed E-state index contributed by atoms with van der Waals surface area (Å²) in [7, 11) is 0. The normalized spacial score (nSPS) is 8.30. The Morgan fingerprint density at radius 2 is 2.20 bits per heavy atom. The van der Waals surface area contributed by atoms with Crippen molar-refractivity contribution >= 4 is 0 Å². The van der Waals surface area contributed by atoms with Gasteiger partial charge in [0.25, 0.3) is 0 Å². The molecule has 1 heterocycles. The average molecular weight is 140 g/mol. The molecule has 0 aliphatic heterocycles. The zero-order valence-electron chi connectivity index (χ0n) is 7.02. The topological polar surface area (TPSA) is 28.7 Å². The fourth-order valence-corrected chi connectivity index (χ4v) is 0.703. The molecule has 0 aromatic carbocycles. The summed E-state index contributed by atoms with van der Waals surface area (Å²) in [4.78, 5) is 0. The minimum atomic E-state index is 1.14. The Labute approximate surface area is 62.7 Å². The highest BCUT2D eigenvalue weighted by atomic mass is 15.1. The molecule has 0 radical (unpaired) electrons. The van der Waals surface area contributed by atoms with Gasteiger partial charge in [-0.2, -0.15) is 5.10 Å². The van der Waals surface area contributed by atoms with Crippen molar-refractivity contribution < 1.29 is 0 Å². The van der Waals surface area contributed by atoms with Crippen molar-refractivity contribution in [2.45, 2.75) is 33.6 Å². The molecule has 2 heteroatoms. The number of H-pyrrole nitrogens is 1. The van der Waals surface area contributed by atoms with Gasteiger partial charge in [0.1, 0.15) is 0 Å². The van der Waals surface area contributed by atoms with Crippen LogP contribution in [-0.4, -0.2) is 10.2 Å². The van der Waals surface area contributed by atoms with Crippen molar-refractivity contribution in [3.63, 3.8) is 0 Å². The van der Waals surface area contributed by atoms with Gasteiger partial charge in [-0.15, -0.1) is 0 Å². The first-order valence-corrected chi connectivity index (χ1v) is 3.91. The van der Waals surface area contributed by atoms with Gasteiger partial charge < -0.3 is 0 Å². The number of nitrogens with zero attached hydrogens (tertiary/aromatic N) is 1. The van der Waals surface area contributed by atoms with E-state index >= 15 is 0 Å². The highest BCUT2D eigenvalue weighted by Gasteiger charge is 1.87. The van der Waals surface area contributed by atoms with Crippen LogP contribution in [0.4, 0.5) is 0 Å². The summed E-state index contributed by atoms with van der Waals surface area (Å²) < 4.78 is 0. The largest absolute Gasteiger partial charge is 0.285 e. The van der Waals surface area contributed by atoms with Crippen molar-refractivity contribution in [2.75, 3.05) is 0 Å². The Kier molecular flexibility index (Phi) is 5.83. The molecule has 0 saturated carbocycles. The second-order valence-corrected chi connectivity index (χ2v) is 1.86. The lowest BCUT2D eigenvalue weighted by molar-refractivity contribution is 0.923. The molecular weight excluding hydrogens is 124 g/mol. The lowest BCUT2D eigenvalue weighted by Gasteiger charge is -1.84. The number of aryl methyl sites for hydroxylation is 1.